The van der Waals surface area contributed by atoms with E-state index >= 15 is 0 Å². The molecule has 0 spiro atoms. The number of hydrogen-bond donors (Lipinski definition) is 2. The molecule has 1 saturated heterocycles. The highest BCUT2D eigenvalue weighted by atomic mass is 16.5. The van der Waals surface area contributed by atoms with Crippen molar-refractivity contribution in [1.29, 1.82) is 0 Å². The van der Waals surface area contributed by atoms with Crippen molar-refractivity contribution in [3.05, 3.63) is 48.0 Å². The highest BCUT2D eigenvalue weighted by Gasteiger charge is 2.30. The molecule has 3 N–H and O–H groups in total. The van der Waals surface area contributed by atoms with Crippen LogP contribution in [0.1, 0.15) is 31.4 Å². The second kappa shape index (κ2) is 6.46. The summed E-state index contributed by atoms with van der Waals surface area (Å²) in [5, 5.41) is 5.42. The number of benzene rings is 2. The Balaban J connectivity index is 1.73. The average molecular weight is 298 g/mol. The minimum atomic E-state index is -0.369. The third-order valence-electron chi connectivity index (χ3n) is 4.31. The molecule has 1 heterocycles. The summed E-state index contributed by atoms with van der Waals surface area (Å²) in [6, 6.07) is 14.3. The van der Waals surface area contributed by atoms with Gasteiger partial charge in [0.15, 0.2) is 0 Å². The van der Waals surface area contributed by atoms with Crippen molar-refractivity contribution >= 4 is 16.7 Å². The van der Waals surface area contributed by atoms with Crippen LogP contribution in [0.3, 0.4) is 0 Å². The molecule has 0 aliphatic carbocycles. The number of fused-ring (bicyclic) bond motifs is 1. The third-order valence-corrected chi connectivity index (χ3v) is 4.31. The van der Waals surface area contributed by atoms with Crippen LogP contribution < -0.4 is 11.1 Å². The van der Waals surface area contributed by atoms with Crippen molar-refractivity contribution in [2.24, 2.45) is 5.73 Å². The lowest BCUT2D eigenvalue weighted by Crippen LogP contribution is -2.37. The summed E-state index contributed by atoms with van der Waals surface area (Å²) in [6.07, 6.45) is 1.25. The van der Waals surface area contributed by atoms with Gasteiger partial charge in [0.2, 0.25) is 5.91 Å². The first kappa shape index (κ1) is 15.0. The molecule has 3 rings (SSSR count). The van der Waals surface area contributed by atoms with Gasteiger partial charge >= 0.3 is 0 Å². The summed E-state index contributed by atoms with van der Waals surface area (Å²) in [4.78, 5) is 12.3. The Bertz CT molecular complexity index is 666. The number of carbonyl (C=O) groups excluding carboxylic acids is 1. The summed E-state index contributed by atoms with van der Waals surface area (Å²) in [5.74, 6) is -0.0450. The van der Waals surface area contributed by atoms with E-state index in [-0.39, 0.29) is 24.2 Å². The average Bonchev–Trinajstić information content (AvgIpc) is 3.03. The Morgan fingerprint density at radius 1 is 1.27 bits per heavy atom. The van der Waals surface area contributed by atoms with Gasteiger partial charge < -0.3 is 15.8 Å². The van der Waals surface area contributed by atoms with Gasteiger partial charge in [0.1, 0.15) is 6.10 Å². The van der Waals surface area contributed by atoms with Crippen LogP contribution >= 0.6 is 0 Å². The summed E-state index contributed by atoms with van der Waals surface area (Å²) in [5.41, 5.74) is 6.72. The van der Waals surface area contributed by atoms with Crippen molar-refractivity contribution in [2.45, 2.75) is 38.0 Å². The molecule has 1 fully saturated rings. The lowest BCUT2D eigenvalue weighted by molar-refractivity contribution is -0.132. The molecule has 0 saturated carbocycles. The largest absolute Gasteiger partial charge is 0.364 e. The van der Waals surface area contributed by atoms with E-state index in [2.05, 4.69) is 29.6 Å². The zero-order valence-corrected chi connectivity index (χ0v) is 12.8. The molecule has 0 bridgehead atoms. The van der Waals surface area contributed by atoms with Gasteiger partial charge in [-0.2, -0.15) is 0 Å². The predicted octanol–water partition coefficient (Wildman–Crippen LogP) is 2.52. The van der Waals surface area contributed by atoms with E-state index in [0.29, 0.717) is 6.54 Å². The number of hydrogen-bond acceptors (Lipinski definition) is 3. The number of amides is 1. The Morgan fingerprint density at radius 2 is 2.05 bits per heavy atom. The van der Waals surface area contributed by atoms with Crippen molar-refractivity contribution in [3.8, 4) is 0 Å². The molecule has 1 unspecified atom stereocenters. The molecule has 2 aromatic carbocycles. The molecule has 0 radical (unpaired) electrons. The predicted molar refractivity (Wildman–Crippen MR) is 87.5 cm³/mol. The third kappa shape index (κ3) is 2.98. The summed E-state index contributed by atoms with van der Waals surface area (Å²) >= 11 is 0. The molecule has 116 valence electrons. The molecule has 1 amide bonds. The van der Waals surface area contributed by atoms with Crippen molar-refractivity contribution < 1.29 is 9.53 Å². The lowest BCUT2D eigenvalue weighted by Gasteiger charge is -2.19. The number of carbonyl (C=O) groups is 1. The quantitative estimate of drug-likeness (QED) is 0.911. The first-order valence-corrected chi connectivity index (χ1v) is 7.82. The number of rotatable bonds is 4. The van der Waals surface area contributed by atoms with E-state index in [0.717, 1.165) is 18.4 Å². The van der Waals surface area contributed by atoms with Gasteiger partial charge in [-0.05, 0) is 36.1 Å². The molecular weight excluding hydrogens is 276 g/mol. The van der Waals surface area contributed by atoms with Crippen LogP contribution in [0.4, 0.5) is 0 Å². The van der Waals surface area contributed by atoms with Crippen LogP contribution in [0.2, 0.25) is 0 Å². The standard InChI is InChI=1S/C18H22N2O2/c1-12(20-18(21)17-10-9-14(11-19)22-17)15-8-4-6-13-5-2-3-7-16(13)15/h2-8,12,14,17H,9-11,19H2,1H3,(H,20,21)/t12?,14-,17+/m1/s1. The molecule has 2 aromatic rings. The summed E-state index contributed by atoms with van der Waals surface area (Å²) < 4.78 is 5.66. The summed E-state index contributed by atoms with van der Waals surface area (Å²) in [6.45, 7) is 2.48. The first-order valence-electron chi connectivity index (χ1n) is 7.82. The molecule has 1 aliphatic heterocycles. The second-order valence-electron chi connectivity index (χ2n) is 5.86. The van der Waals surface area contributed by atoms with Crippen LogP contribution in [0.25, 0.3) is 10.8 Å². The highest BCUT2D eigenvalue weighted by molar-refractivity contribution is 5.87. The minimum absolute atomic E-state index is 0.0172. The van der Waals surface area contributed by atoms with E-state index in [1.165, 1.54) is 10.8 Å². The SMILES string of the molecule is CC(NC(=O)[C@@H]1CC[C@H](CN)O1)c1cccc2ccccc12. The fraction of sp³-hybridized carbons (Fsp3) is 0.389. The molecular formula is C18H22N2O2. The number of nitrogens with two attached hydrogens (primary N) is 1. The molecule has 22 heavy (non-hydrogen) atoms. The normalized spacial score (nSPS) is 22.6. The monoisotopic (exact) mass is 298 g/mol. The Morgan fingerprint density at radius 3 is 2.82 bits per heavy atom. The molecule has 1 aliphatic rings. The maximum Gasteiger partial charge on any atom is 0.249 e. The maximum absolute atomic E-state index is 12.3. The number of nitrogens with one attached hydrogen (secondary N) is 1. The fourth-order valence-electron chi connectivity index (χ4n) is 3.08. The summed E-state index contributed by atoms with van der Waals surface area (Å²) in [7, 11) is 0. The first-order chi connectivity index (χ1) is 10.7. The van der Waals surface area contributed by atoms with E-state index < -0.39 is 0 Å². The van der Waals surface area contributed by atoms with Gasteiger partial charge in [0, 0.05) is 6.54 Å². The van der Waals surface area contributed by atoms with E-state index in [1.54, 1.807) is 0 Å². The Hall–Kier alpha value is -1.91. The van der Waals surface area contributed by atoms with Gasteiger partial charge in [-0.25, -0.2) is 0 Å². The van der Waals surface area contributed by atoms with Crippen LogP contribution in [-0.4, -0.2) is 24.7 Å². The van der Waals surface area contributed by atoms with Gasteiger partial charge in [0.25, 0.3) is 0 Å². The Kier molecular flexibility index (Phi) is 4.41. The molecule has 4 heteroatoms. The zero-order chi connectivity index (χ0) is 15.5. The van der Waals surface area contributed by atoms with E-state index in [9.17, 15) is 4.79 Å². The van der Waals surface area contributed by atoms with Gasteiger partial charge in [0.05, 0.1) is 12.1 Å². The smallest absolute Gasteiger partial charge is 0.249 e. The van der Waals surface area contributed by atoms with Crippen molar-refractivity contribution in [3.63, 3.8) is 0 Å². The molecule has 4 nitrogen and oxygen atoms in total. The maximum atomic E-state index is 12.3. The highest BCUT2D eigenvalue weighted by Crippen LogP contribution is 2.25. The van der Waals surface area contributed by atoms with Crippen molar-refractivity contribution in [2.75, 3.05) is 6.54 Å². The Labute approximate surface area is 130 Å². The van der Waals surface area contributed by atoms with Crippen LogP contribution in [0, 0.1) is 0 Å². The van der Waals surface area contributed by atoms with Crippen LogP contribution in [0.15, 0.2) is 42.5 Å². The second-order valence-corrected chi connectivity index (χ2v) is 5.86. The molecule has 3 atom stereocenters. The van der Waals surface area contributed by atoms with Gasteiger partial charge in [-0.3, -0.25) is 4.79 Å². The van der Waals surface area contributed by atoms with Gasteiger partial charge in [-0.15, -0.1) is 0 Å². The van der Waals surface area contributed by atoms with Crippen LogP contribution in [-0.2, 0) is 9.53 Å². The number of ether oxygens (including phenoxy) is 1. The minimum Gasteiger partial charge on any atom is -0.364 e. The van der Waals surface area contributed by atoms with E-state index in [1.807, 2.05) is 25.1 Å². The van der Waals surface area contributed by atoms with E-state index in [4.69, 9.17) is 10.5 Å². The zero-order valence-electron chi connectivity index (χ0n) is 12.8. The molecule has 0 aromatic heterocycles. The lowest BCUT2D eigenvalue weighted by atomic mass is 9.99. The van der Waals surface area contributed by atoms with Crippen LogP contribution in [0.5, 0.6) is 0 Å². The fourth-order valence-corrected chi connectivity index (χ4v) is 3.08. The topological polar surface area (TPSA) is 64.4 Å². The van der Waals surface area contributed by atoms with Gasteiger partial charge in [-0.1, -0.05) is 42.5 Å². The van der Waals surface area contributed by atoms with Crippen molar-refractivity contribution in [1.82, 2.24) is 5.32 Å².